The molecule has 4 rings (SSSR count). The predicted molar refractivity (Wildman–Crippen MR) is 118 cm³/mol. The van der Waals surface area contributed by atoms with Crippen molar-refractivity contribution in [2.75, 3.05) is 5.32 Å². The molecule has 0 spiro atoms. The van der Waals surface area contributed by atoms with Crippen molar-refractivity contribution < 1.29 is 4.79 Å². The van der Waals surface area contributed by atoms with Crippen LogP contribution in [0.4, 0.5) is 5.13 Å². The van der Waals surface area contributed by atoms with E-state index < -0.39 is 0 Å². The summed E-state index contributed by atoms with van der Waals surface area (Å²) >= 11 is 1.45. The van der Waals surface area contributed by atoms with Crippen molar-refractivity contribution >= 4 is 22.4 Å². The predicted octanol–water partition coefficient (Wildman–Crippen LogP) is 5.34. The molecular formula is C23H22N4OS. The second kappa shape index (κ2) is 8.41. The maximum absolute atomic E-state index is 13.0. The first-order valence-electron chi connectivity index (χ1n) is 9.57. The molecule has 5 nitrogen and oxygen atoms in total. The van der Waals surface area contributed by atoms with E-state index in [0.29, 0.717) is 5.13 Å². The van der Waals surface area contributed by atoms with Crippen LogP contribution in [0, 0.1) is 0 Å². The van der Waals surface area contributed by atoms with Crippen molar-refractivity contribution in [3.8, 4) is 22.0 Å². The van der Waals surface area contributed by atoms with E-state index in [2.05, 4.69) is 10.3 Å². The molecule has 2 heterocycles. The third kappa shape index (κ3) is 3.98. The third-order valence-electron chi connectivity index (χ3n) is 4.86. The molecule has 0 saturated heterocycles. The molecule has 29 heavy (non-hydrogen) atoms. The summed E-state index contributed by atoms with van der Waals surface area (Å²) in [4.78, 5) is 23.2. The van der Waals surface area contributed by atoms with Crippen LogP contribution in [0.15, 0.2) is 73.1 Å². The highest BCUT2D eigenvalue weighted by atomic mass is 32.1. The number of imidazole rings is 1. The van der Waals surface area contributed by atoms with Gasteiger partial charge in [0, 0.05) is 25.0 Å². The molecule has 2 aromatic heterocycles. The zero-order chi connectivity index (χ0) is 20.2. The number of hydrogen-bond acceptors (Lipinski definition) is 4. The lowest BCUT2D eigenvalue weighted by Gasteiger charge is -2.14. The fourth-order valence-corrected chi connectivity index (χ4v) is 4.38. The summed E-state index contributed by atoms with van der Waals surface area (Å²) in [5.74, 6) is 0.576. The van der Waals surface area contributed by atoms with Gasteiger partial charge in [-0.1, -0.05) is 78.9 Å². The van der Waals surface area contributed by atoms with Crippen molar-refractivity contribution in [1.82, 2.24) is 14.5 Å². The number of rotatable bonds is 6. The van der Waals surface area contributed by atoms with Gasteiger partial charge in [0.25, 0.3) is 0 Å². The van der Waals surface area contributed by atoms with E-state index in [-0.39, 0.29) is 11.8 Å². The topological polar surface area (TPSA) is 59.8 Å². The Balaban J connectivity index is 1.69. The van der Waals surface area contributed by atoms with Crippen LogP contribution < -0.4 is 5.32 Å². The summed E-state index contributed by atoms with van der Waals surface area (Å²) in [6.07, 6.45) is 4.40. The van der Waals surface area contributed by atoms with E-state index in [9.17, 15) is 4.79 Å². The number of aryl methyl sites for hydroxylation is 1. The second-order valence-corrected chi connectivity index (χ2v) is 7.78. The Morgan fingerprint density at radius 2 is 1.79 bits per heavy atom. The number of amides is 1. The monoisotopic (exact) mass is 402 g/mol. The average Bonchev–Trinajstić information content (AvgIpc) is 3.36. The van der Waals surface area contributed by atoms with Crippen LogP contribution in [0.1, 0.15) is 24.8 Å². The summed E-state index contributed by atoms with van der Waals surface area (Å²) in [6.45, 7) is 2.02. The van der Waals surface area contributed by atoms with Crippen LogP contribution in [0.5, 0.6) is 0 Å². The zero-order valence-electron chi connectivity index (χ0n) is 16.4. The van der Waals surface area contributed by atoms with Gasteiger partial charge in [-0.2, -0.15) is 0 Å². The SMILES string of the molecule is CCC(C(=O)Nc1nc(-c2ccccc2)c(-c2nccn2C)s1)c1ccccc1. The Morgan fingerprint density at radius 1 is 1.10 bits per heavy atom. The molecule has 6 heteroatoms. The van der Waals surface area contributed by atoms with Gasteiger partial charge in [0.2, 0.25) is 5.91 Å². The van der Waals surface area contributed by atoms with Crippen molar-refractivity contribution in [3.63, 3.8) is 0 Å². The minimum atomic E-state index is -0.211. The summed E-state index contributed by atoms with van der Waals surface area (Å²) in [5, 5.41) is 3.62. The van der Waals surface area contributed by atoms with Gasteiger partial charge in [0.1, 0.15) is 0 Å². The van der Waals surface area contributed by atoms with Gasteiger partial charge in [-0.15, -0.1) is 0 Å². The quantitative estimate of drug-likeness (QED) is 0.473. The molecule has 2 aromatic carbocycles. The Morgan fingerprint density at radius 3 is 2.41 bits per heavy atom. The van der Waals surface area contributed by atoms with E-state index in [4.69, 9.17) is 4.98 Å². The molecule has 0 radical (unpaired) electrons. The van der Waals surface area contributed by atoms with Crippen LogP contribution in [0.3, 0.4) is 0 Å². The normalized spacial score (nSPS) is 11.9. The standard InChI is InChI=1S/C23H22N4OS/c1-3-18(16-10-6-4-7-11-16)22(28)26-23-25-19(17-12-8-5-9-13-17)20(29-23)21-24-14-15-27(21)2/h4-15,18H,3H2,1-2H3,(H,25,26,28). The number of anilines is 1. The maximum Gasteiger partial charge on any atom is 0.233 e. The average molecular weight is 403 g/mol. The molecular weight excluding hydrogens is 380 g/mol. The first-order valence-corrected chi connectivity index (χ1v) is 10.4. The molecule has 0 aliphatic carbocycles. The molecule has 0 aliphatic heterocycles. The number of benzene rings is 2. The summed E-state index contributed by atoms with van der Waals surface area (Å²) in [7, 11) is 1.96. The van der Waals surface area contributed by atoms with E-state index in [1.54, 1.807) is 6.20 Å². The molecule has 0 saturated carbocycles. The Labute approximate surface area is 174 Å². The van der Waals surface area contributed by atoms with Gasteiger partial charge in [-0.25, -0.2) is 9.97 Å². The zero-order valence-corrected chi connectivity index (χ0v) is 17.2. The molecule has 1 N–H and O–H groups in total. The second-order valence-electron chi connectivity index (χ2n) is 6.79. The summed E-state index contributed by atoms with van der Waals surface area (Å²) in [6, 6.07) is 19.8. The number of carbonyl (C=O) groups excluding carboxylic acids is 1. The minimum absolute atomic E-state index is 0.0431. The molecule has 1 unspecified atom stereocenters. The fourth-order valence-electron chi connectivity index (χ4n) is 3.35. The molecule has 0 bridgehead atoms. The molecule has 0 aliphatic rings. The Kier molecular flexibility index (Phi) is 5.53. The molecule has 1 atom stereocenters. The van der Waals surface area contributed by atoms with Crippen molar-refractivity contribution in [3.05, 3.63) is 78.6 Å². The third-order valence-corrected chi connectivity index (χ3v) is 5.82. The van der Waals surface area contributed by atoms with Crippen molar-refractivity contribution in [2.45, 2.75) is 19.3 Å². The minimum Gasteiger partial charge on any atom is -0.333 e. The number of thiazole rings is 1. The Hall–Kier alpha value is -3.25. The largest absolute Gasteiger partial charge is 0.333 e. The van der Waals surface area contributed by atoms with E-state index in [1.165, 1.54) is 11.3 Å². The summed E-state index contributed by atoms with van der Waals surface area (Å²) < 4.78 is 1.96. The first-order chi connectivity index (χ1) is 14.2. The number of hydrogen-bond donors (Lipinski definition) is 1. The van der Waals surface area contributed by atoms with Gasteiger partial charge < -0.3 is 9.88 Å². The van der Waals surface area contributed by atoms with Crippen molar-refractivity contribution in [1.29, 1.82) is 0 Å². The van der Waals surface area contributed by atoms with Crippen molar-refractivity contribution in [2.24, 2.45) is 7.05 Å². The van der Waals surface area contributed by atoms with Gasteiger partial charge in [0.15, 0.2) is 11.0 Å². The highest BCUT2D eigenvalue weighted by molar-refractivity contribution is 7.19. The smallest absolute Gasteiger partial charge is 0.233 e. The van der Waals surface area contributed by atoms with E-state index in [0.717, 1.165) is 33.9 Å². The van der Waals surface area contributed by atoms with Crippen LogP contribution in [0.2, 0.25) is 0 Å². The molecule has 4 aromatic rings. The Bertz CT molecular complexity index is 1100. The highest BCUT2D eigenvalue weighted by Crippen LogP contribution is 2.38. The number of nitrogens with zero attached hydrogens (tertiary/aromatic N) is 3. The maximum atomic E-state index is 13.0. The number of carbonyl (C=O) groups is 1. The highest BCUT2D eigenvalue weighted by Gasteiger charge is 2.23. The van der Waals surface area contributed by atoms with Crippen LogP contribution >= 0.6 is 11.3 Å². The number of aromatic nitrogens is 3. The van der Waals surface area contributed by atoms with Gasteiger partial charge in [0.05, 0.1) is 16.5 Å². The lowest BCUT2D eigenvalue weighted by Crippen LogP contribution is -2.20. The van der Waals surface area contributed by atoms with Gasteiger partial charge in [-0.05, 0) is 12.0 Å². The lowest BCUT2D eigenvalue weighted by atomic mass is 9.96. The van der Waals surface area contributed by atoms with Gasteiger partial charge in [-0.3, -0.25) is 4.79 Å². The molecule has 146 valence electrons. The van der Waals surface area contributed by atoms with E-state index >= 15 is 0 Å². The first kappa shape index (κ1) is 19.1. The lowest BCUT2D eigenvalue weighted by molar-refractivity contribution is -0.117. The van der Waals surface area contributed by atoms with Crippen LogP contribution in [0.25, 0.3) is 22.0 Å². The van der Waals surface area contributed by atoms with Crippen LogP contribution in [-0.4, -0.2) is 20.4 Å². The van der Waals surface area contributed by atoms with E-state index in [1.807, 2.05) is 85.4 Å². The number of nitrogens with one attached hydrogen (secondary N) is 1. The summed E-state index contributed by atoms with van der Waals surface area (Å²) in [5.41, 5.74) is 2.84. The fraction of sp³-hybridized carbons (Fsp3) is 0.174. The van der Waals surface area contributed by atoms with Gasteiger partial charge >= 0.3 is 0 Å². The van der Waals surface area contributed by atoms with Crippen LogP contribution in [-0.2, 0) is 11.8 Å². The molecule has 1 amide bonds. The molecule has 0 fully saturated rings.